The molecule has 0 aliphatic heterocycles. The van der Waals surface area contributed by atoms with Crippen molar-refractivity contribution < 1.29 is 9.90 Å². The molecule has 1 aromatic heterocycles. The van der Waals surface area contributed by atoms with Crippen LogP contribution in [0.3, 0.4) is 0 Å². The first-order valence-electron chi connectivity index (χ1n) is 7.12. The van der Waals surface area contributed by atoms with Gasteiger partial charge < -0.3 is 10.1 Å². The number of aromatic amines is 1. The maximum absolute atomic E-state index is 12.5. The van der Waals surface area contributed by atoms with E-state index in [0.29, 0.717) is 0 Å². The lowest BCUT2D eigenvalue weighted by Crippen LogP contribution is -2.35. The Morgan fingerprint density at radius 3 is 2.50 bits per heavy atom. The summed E-state index contributed by atoms with van der Waals surface area (Å²) in [6.07, 6.45) is 1.97. The van der Waals surface area contributed by atoms with E-state index in [0.717, 1.165) is 15.0 Å². The molecule has 0 unspecified atom stereocenters. The lowest BCUT2D eigenvalue weighted by atomic mass is 10.1. The molecule has 2 aromatic carbocycles. The molecule has 3 aromatic rings. The third-order valence-electron chi connectivity index (χ3n) is 3.73. The standard InChI is InChI=1S/C17H14N2O4S/c1-24-12-5-2-10(3-6-12)9-19-15(20)13-7-4-11(16(21)22)8-14(13)18-17(19)23/h2-8H,9H2,1H3,(H,18,23)(H,21,22). The fourth-order valence-corrected chi connectivity index (χ4v) is 2.85. The molecule has 1 heterocycles. The lowest BCUT2D eigenvalue weighted by Gasteiger charge is -2.07. The maximum atomic E-state index is 12.5. The van der Waals surface area contributed by atoms with Crippen LogP contribution in [0.5, 0.6) is 0 Å². The van der Waals surface area contributed by atoms with Gasteiger partial charge in [0.1, 0.15) is 0 Å². The Balaban J connectivity index is 2.08. The summed E-state index contributed by atoms with van der Waals surface area (Å²) < 4.78 is 1.11. The van der Waals surface area contributed by atoms with Crippen molar-refractivity contribution in [2.24, 2.45) is 0 Å². The van der Waals surface area contributed by atoms with E-state index in [1.807, 2.05) is 30.5 Å². The number of carboxylic acid groups (broad SMARTS) is 1. The average molecular weight is 342 g/mol. The van der Waals surface area contributed by atoms with Crippen molar-refractivity contribution in [3.05, 3.63) is 74.4 Å². The van der Waals surface area contributed by atoms with Gasteiger partial charge in [-0.2, -0.15) is 0 Å². The molecule has 0 saturated heterocycles. The summed E-state index contributed by atoms with van der Waals surface area (Å²) in [6.45, 7) is 0.152. The fourth-order valence-electron chi connectivity index (χ4n) is 2.44. The zero-order valence-corrected chi connectivity index (χ0v) is 13.6. The summed E-state index contributed by atoms with van der Waals surface area (Å²) in [5.74, 6) is -1.11. The molecule has 24 heavy (non-hydrogen) atoms. The van der Waals surface area contributed by atoms with E-state index in [4.69, 9.17) is 5.11 Å². The molecule has 0 amide bonds. The monoisotopic (exact) mass is 342 g/mol. The van der Waals surface area contributed by atoms with Crippen LogP contribution in [0.1, 0.15) is 15.9 Å². The number of nitrogens with one attached hydrogen (secondary N) is 1. The molecular formula is C17H14N2O4S. The van der Waals surface area contributed by atoms with Crippen LogP contribution in [0.2, 0.25) is 0 Å². The van der Waals surface area contributed by atoms with Crippen molar-refractivity contribution in [1.29, 1.82) is 0 Å². The van der Waals surface area contributed by atoms with Gasteiger partial charge in [0, 0.05) is 4.90 Å². The van der Waals surface area contributed by atoms with E-state index >= 15 is 0 Å². The molecule has 0 saturated carbocycles. The van der Waals surface area contributed by atoms with Crippen molar-refractivity contribution >= 4 is 28.6 Å². The minimum absolute atomic E-state index is 0.0166. The van der Waals surface area contributed by atoms with Crippen LogP contribution in [-0.4, -0.2) is 26.9 Å². The van der Waals surface area contributed by atoms with Crippen molar-refractivity contribution in [2.45, 2.75) is 11.4 Å². The van der Waals surface area contributed by atoms with Gasteiger partial charge in [0.2, 0.25) is 0 Å². The van der Waals surface area contributed by atoms with Crippen LogP contribution in [-0.2, 0) is 6.54 Å². The topological polar surface area (TPSA) is 92.2 Å². The van der Waals surface area contributed by atoms with E-state index in [2.05, 4.69) is 4.98 Å². The largest absolute Gasteiger partial charge is 0.478 e. The summed E-state index contributed by atoms with van der Waals surface area (Å²) in [7, 11) is 0. The van der Waals surface area contributed by atoms with Crippen LogP contribution in [0.4, 0.5) is 0 Å². The quantitative estimate of drug-likeness (QED) is 0.709. The number of aromatic carboxylic acids is 1. The van der Waals surface area contributed by atoms with Crippen LogP contribution < -0.4 is 11.2 Å². The highest BCUT2D eigenvalue weighted by Crippen LogP contribution is 2.15. The van der Waals surface area contributed by atoms with Crippen LogP contribution in [0, 0.1) is 0 Å². The van der Waals surface area contributed by atoms with Gasteiger partial charge in [-0.1, -0.05) is 12.1 Å². The van der Waals surface area contributed by atoms with Crippen molar-refractivity contribution in [3.8, 4) is 0 Å². The van der Waals surface area contributed by atoms with Gasteiger partial charge in [-0.25, -0.2) is 9.59 Å². The Kier molecular flexibility index (Phi) is 4.26. The lowest BCUT2D eigenvalue weighted by molar-refractivity contribution is 0.0697. The van der Waals surface area contributed by atoms with E-state index < -0.39 is 17.2 Å². The van der Waals surface area contributed by atoms with Gasteiger partial charge in [-0.3, -0.25) is 9.36 Å². The first-order chi connectivity index (χ1) is 11.5. The Morgan fingerprint density at radius 1 is 1.17 bits per heavy atom. The number of hydrogen-bond acceptors (Lipinski definition) is 4. The van der Waals surface area contributed by atoms with Crippen LogP contribution >= 0.6 is 11.8 Å². The molecule has 0 bridgehead atoms. The number of nitrogens with zero attached hydrogens (tertiary/aromatic N) is 1. The van der Waals surface area contributed by atoms with Gasteiger partial charge in [-0.05, 0) is 42.2 Å². The molecule has 7 heteroatoms. The number of thioether (sulfide) groups is 1. The number of hydrogen-bond donors (Lipinski definition) is 2. The first kappa shape index (κ1) is 16.1. The molecular weight excluding hydrogens is 328 g/mol. The van der Waals surface area contributed by atoms with Gasteiger partial charge in [0.25, 0.3) is 5.56 Å². The molecule has 0 radical (unpaired) electrons. The Morgan fingerprint density at radius 2 is 1.88 bits per heavy atom. The number of H-pyrrole nitrogens is 1. The first-order valence-corrected chi connectivity index (χ1v) is 8.35. The number of aromatic nitrogens is 2. The number of rotatable bonds is 4. The van der Waals surface area contributed by atoms with Gasteiger partial charge >= 0.3 is 11.7 Å². The van der Waals surface area contributed by atoms with Crippen molar-refractivity contribution in [1.82, 2.24) is 9.55 Å². The highest BCUT2D eigenvalue weighted by atomic mass is 32.2. The normalized spacial score (nSPS) is 10.9. The second kappa shape index (κ2) is 6.37. The second-order valence-electron chi connectivity index (χ2n) is 5.24. The highest BCUT2D eigenvalue weighted by Gasteiger charge is 2.11. The van der Waals surface area contributed by atoms with E-state index in [1.165, 1.54) is 18.2 Å². The minimum Gasteiger partial charge on any atom is -0.478 e. The van der Waals surface area contributed by atoms with Crippen LogP contribution in [0.15, 0.2) is 56.9 Å². The summed E-state index contributed by atoms with van der Waals surface area (Å²) in [6, 6.07) is 11.7. The predicted molar refractivity (Wildman–Crippen MR) is 93.1 cm³/mol. The van der Waals surface area contributed by atoms with Crippen molar-refractivity contribution in [2.75, 3.05) is 6.26 Å². The van der Waals surface area contributed by atoms with Gasteiger partial charge in [0.15, 0.2) is 0 Å². The number of benzene rings is 2. The SMILES string of the molecule is CSc1ccc(Cn2c(=O)[nH]c3cc(C(=O)O)ccc3c2=O)cc1. The molecule has 0 aliphatic rings. The van der Waals surface area contributed by atoms with E-state index in [9.17, 15) is 14.4 Å². The third-order valence-corrected chi connectivity index (χ3v) is 4.47. The maximum Gasteiger partial charge on any atom is 0.335 e. The smallest absolute Gasteiger partial charge is 0.335 e. The summed E-state index contributed by atoms with van der Waals surface area (Å²) >= 11 is 1.61. The Labute approximate surface area is 140 Å². The Hall–Kier alpha value is -2.80. The Bertz CT molecular complexity index is 1040. The number of carboxylic acids is 1. The zero-order chi connectivity index (χ0) is 17.3. The minimum atomic E-state index is -1.11. The molecule has 3 rings (SSSR count). The summed E-state index contributed by atoms with van der Waals surface area (Å²) in [5, 5.41) is 9.28. The summed E-state index contributed by atoms with van der Waals surface area (Å²) in [5.41, 5.74) is 0.0624. The zero-order valence-electron chi connectivity index (χ0n) is 12.8. The second-order valence-corrected chi connectivity index (χ2v) is 6.11. The third kappa shape index (κ3) is 2.98. The molecule has 122 valence electrons. The van der Waals surface area contributed by atoms with Gasteiger partial charge in [0.05, 0.1) is 23.0 Å². The highest BCUT2D eigenvalue weighted by molar-refractivity contribution is 7.98. The van der Waals surface area contributed by atoms with Crippen LogP contribution in [0.25, 0.3) is 10.9 Å². The summed E-state index contributed by atoms with van der Waals surface area (Å²) in [4.78, 5) is 39.4. The van der Waals surface area contributed by atoms with Gasteiger partial charge in [-0.15, -0.1) is 11.8 Å². The average Bonchev–Trinajstić information content (AvgIpc) is 2.58. The predicted octanol–water partition coefficient (Wildman–Crippen LogP) is 2.16. The number of fused-ring (bicyclic) bond motifs is 1. The van der Waals surface area contributed by atoms with Crippen molar-refractivity contribution in [3.63, 3.8) is 0 Å². The molecule has 2 N–H and O–H groups in total. The van der Waals surface area contributed by atoms with E-state index in [1.54, 1.807) is 11.8 Å². The molecule has 6 nitrogen and oxygen atoms in total. The molecule has 0 aliphatic carbocycles. The molecule has 0 atom stereocenters. The molecule has 0 fully saturated rings. The number of carbonyl (C=O) groups is 1. The fraction of sp³-hybridized carbons (Fsp3) is 0.118. The molecule has 0 spiro atoms. The van der Waals surface area contributed by atoms with E-state index in [-0.39, 0.29) is 23.0 Å².